The summed E-state index contributed by atoms with van der Waals surface area (Å²) in [5, 5.41) is 0.912. The number of hydrogen-bond donors (Lipinski definition) is 0. The zero-order valence-corrected chi connectivity index (χ0v) is 15.6. The molecule has 0 spiro atoms. The lowest BCUT2D eigenvalue weighted by Gasteiger charge is -2.26. The molecule has 1 unspecified atom stereocenters. The van der Waals surface area contributed by atoms with Gasteiger partial charge in [-0.1, -0.05) is 29.3 Å². The van der Waals surface area contributed by atoms with E-state index < -0.39 is 0 Å². The molecule has 6 heteroatoms. The third kappa shape index (κ3) is 3.70. The molecule has 0 radical (unpaired) electrons. The highest BCUT2D eigenvalue weighted by atomic mass is 35.5. The lowest BCUT2D eigenvalue weighted by atomic mass is 10.0. The number of likely N-dealkylation sites (tertiary alicyclic amines) is 1. The van der Waals surface area contributed by atoms with Crippen LogP contribution >= 0.6 is 23.2 Å². The first-order valence-electron chi connectivity index (χ1n) is 8.02. The summed E-state index contributed by atoms with van der Waals surface area (Å²) in [4.78, 5) is 14.8. The molecule has 0 aromatic heterocycles. The Labute approximate surface area is 157 Å². The standard InChI is InChI=1S/C19H19Cl2NO3/c1-24-17-6-5-12(10-18(17)25-2)16-4-3-7-22(16)19(23)13-8-14(20)11-15(21)9-13/h5-6,8-11,16H,3-4,7H2,1-2H3. The summed E-state index contributed by atoms with van der Waals surface area (Å²) in [5.41, 5.74) is 1.53. The second kappa shape index (κ2) is 7.54. The van der Waals surface area contributed by atoms with Crippen molar-refractivity contribution in [3.8, 4) is 11.5 Å². The first kappa shape index (κ1) is 17.9. The number of carbonyl (C=O) groups is 1. The smallest absolute Gasteiger partial charge is 0.254 e. The molecule has 132 valence electrons. The average Bonchev–Trinajstić information content (AvgIpc) is 3.09. The van der Waals surface area contributed by atoms with Crippen LogP contribution in [0.4, 0.5) is 0 Å². The predicted octanol–water partition coefficient (Wildman–Crippen LogP) is 4.99. The van der Waals surface area contributed by atoms with E-state index in [1.165, 1.54) is 0 Å². The van der Waals surface area contributed by atoms with Crippen LogP contribution < -0.4 is 9.47 Å². The number of halogens is 2. The minimum Gasteiger partial charge on any atom is -0.493 e. The van der Waals surface area contributed by atoms with Crippen molar-refractivity contribution in [2.45, 2.75) is 18.9 Å². The van der Waals surface area contributed by atoms with E-state index in [0.717, 1.165) is 18.4 Å². The Morgan fingerprint density at radius 1 is 1.04 bits per heavy atom. The van der Waals surface area contributed by atoms with Crippen molar-refractivity contribution in [1.29, 1.82) is 0 Å². The molecule has 3 rings (SSSR count). The highest BCUT2D eigenvalue weighted by molar-refractivity contribution is 6.35. The molecule has 25 heavy (non-hydrogen) atoms. The van der Waals surface area contributed by atoms with Crippen LogP contribution in [0.25, 0.3) is 0 Å². The van der Waals surface area contributed by atoms with Gasteiger partial charge in [-0.2, -0.15) is 0 Å². The minimum absolute atomic E-state index is 0.00920. The summed E-state index contributed by atoms with van der Waals surface area (Å²) in [7, 11) is 3.21. The molecule has 0 aliphatic carbocycles. The summed E-state index contributed by atoms with van der Waals surface area (Å²) in [6.45, 7) is 0.696. The lowest BCUT2D eigenvalue weighted by molar-refractivity contribution is 0.0735. The van der Waals surface area contributed by atoms with Gasteiger partial charge in [0.25, 0.3) is 5.91 Å². The Hall–Kier alpha value is -1.91. The molecular weight excluding hydrogens is 361 g/mol. The molecule has 0 bridgehead atoms. The average molecular weight is 380 g/mol. The molecule has 2 aromatic rings. The van der Waals surface area contributed by atoms with Crippen LogP contribution in [0.15, 0.2) is 36.4 Å². The maximum Gasteiger partial charge on any atom is 0.254 e. The largest absolute Gasteiger partial charge is 0.493 e. The quantitative estimate of drug-likeness (QED) is 0.750. The van der Waals surface area contributed by atoms with Gasteiger partial charge in [-0.05, 0) is 48.7 Å². The second-order valence-electron chi connectivity index (χ2n) is 5.93. The summed E-state index contributed by atoms with van der Waals surface area (Å²) in [6.07, 6.45) is 1.84. The van der Waals surface area contributed by atoms with Gasteiger partial charge < -0.3 is 14.4 Å². The van der Waals surface area contributed by atoms with Crippen molar-refractivity contribution in [2.75, 3.05) is 20.8 Å². The third-order valence-corrected chi connectivity index (χ3v) is 4.85. The number of ether oxygens (including phenoxy) is 2. The number of hydrogen-bond acceptors (Lipinski definition) is 3. The fraction of sp³-hybridized carbons (Fsp3) is 0.316. The SMILES string of the molecule is COc1ccc(C2CCCN2C(=O)c2cc(Cl)cc(Cl)c2)cc1OC. The Bertz CT molecular complexity index is 774. The summed E-state index contributed by atoms with van der Waals surface area (Å²) >= 11 is 12.1. The van der Waals surface area contributed by atoms with Crippen LogP contribution in [-0.2, 0) is 0 Å². The van der Waals surface area contributed by atoms with E-state index in [4.69, 9.17) is 32.7 Å². The van der Waals surface area contributed by atoms with Crippen molar-refractivity contribution in [1.82, 2.24) is 4.90 Å². The Balaban J connectivity index is 1.91. The molecule has 1 amide bonds. The van der Waals surface area contributed by atoms with Crippen LogP contribution in [0.3, 0.4) is 0 Å². The second-order valence-corrected chi connectivity index (χ2v) is 6.80. The van der Waals surface area contributed by atoms with Gasteiger partial charge in [0, 0.05) is 22.2 Å². The molecule has 0 saturated carbocycles. The van der Waals surface area contributed by atoms with Crippen molar-refractivity contribution in [3.63, 3.8) is 0 Å². The topological polar surface area (TPSA) is 38.8 Å². The Kier molecular flexibility index (Phi) is 5.40. The number of benzene rings is 2. The summed E-state index contributed by atoms with van der Waals surface area (Å²) in [6, 6.07) is 10.7. The van der Waals surface area contributed by atoms with Gasteiger partial charge >= 0.3 is 0 Å². The molecule has 1 fully saturated rings. The molecule has 2 aromatic carbocycles. The van der Waals surface area contributed by atoms with E-state index in [1.807, 2.05) is 23.1 Å². The number of carbonyl (C=O) groups excluding carboxylic acids is 1. The van der Waals surface area contributed by atoms with Gasteiger partial charge in [0.1, 0.15) is 0 Å². The molecule has 1 heterocycles. The molecule has 4 nitrogen and oxygen atoms in total. The van der Waals surface area contributed by atoms with Crippen molar-refractivity contribution >= 4 is 29.1 Å². The summed E-state index contributed by atoms with van der Waals surface area (Å²) < 4.78 is 10.7. The van der Waals surface area contributed by atoms with Crippen LogP contribution in [0.1, 0.15) is 34.8 Å². The molecule has 1 saturated heterocycles. The maximum atomic E-state index is 13.0. The first-order valence-corrected chi connectivity index (χ1v) is 8.78. The zero-order chi connectivity index (χ0) is 18.0. The molecule has 1 aliphatic rings. The highest BCUT2D eigenvalue weighted by Gasteiger charge is 2.31. The van der Waals surface area contributed by atoms with Crippen molar-refractivity contribution in [3.05, 3.63) is 57.6 Å². The van der Waals surface area contributed by atoms with Crippen LogP contribution in [0, 0.1) is 0 Å². The molecule has 1 atom stereocenters. The summed E-state index contributed by atoms with van der Waals surface area (Å²) in [5.74, 6) is 1.26. The van der Waals surface area contributed by atoms with E-state index in [0.29, 0.717) is 33.7 Å². The van der Waals surface area contributed by atoms with E-state index >= 15 is 0 Å². The van der Waals surface area contributed by atoms with Crippen LogP contribution in [-0.4, -0.2) is 31.6 Å². The number of amides is 1. The third-order valence-electron chi connectivity index (χ3n) is 4.42. The normalized spacial score (nSPS) is 16.8. The molecule has 0 N–H and O–H groups in total. The van der Waals surface area contributed by atoms with Gasteiger partial charge in [-0.25, -0.2) is 0 Å². The number of rotatable bonds is 4. The maximum absolute atomic E-state index is 13.0. The molecular formula is C19H19Cl2NO3. The van der Waals surface area contributed by atoms with E-state index in [9.17, 15) is 4.79 Å². The van der Waals surface area contributed by atoms with E-state index in [1.54, 1.807) is 32.4 Å². The molecule has 1 aliphatic heterocycles. The van der Waals surface area contributed by atoms with Crippen LogP contribution in [0.5, 0.6) is 11.5 Å². The van der Waals surface area contributed by atoms with Gasteiger partial charge in [0.05, 0.1) is 20.3 Å². The Morgan fingerprint density at radius 3 is 2.36 bits per heavy atom. The van der Waals surface area contributed by atoms with Gasteiger partial charge in [-0.3, -0.25) is 4.79 Å². The fourth-order valence-corrected chi connectivity index (χ4v) is 3.79. The zero-order valence-electron chi connectivity index (χ0n) is 14.1. The number of nitrogens with zero attached hydrogens (tertiary/aromatic N) is 1. The van der Waals surface area contributed by atoms with Crippen molar-refractivity contribution in [2.24, 2.45) is 0 Å². The number of methoxy groups -OCH3 is 2. The minimum atomic E-state index is -0.0679. The van der Waals surface area contributed by atoms with Gasteiger partial charge in [0.15, 0.2) is 11.5 Å². The monoisotopic (exact) mass is 379 g/mol. The van der Waals surface area contributed by atoms with Crippen LogP contribution in [0.2, 0.25) is 10.0 Å². The lowest BCUT2D eigenvalue weighted by Crippen LogP contribution is -2.30. The fourth-order valence-electron chi connectivity index (χ4n) is 3.26. The van der Waals surface area contributed by atoms with Gasteiger partial charge in [-0.15, -0.1) is 0 Å². The van der Waals surface area contributed by atoms with Gasteiger partial charge in [0.2, 0.25) is 0 Å². The van der Waals surface area contributed by atoms with E-state index in [2.05, 4.69) is 0 Å². The predicted molar refractivity (Wildman–Crippen MR) is 99.0 cm³/mol. The Morgan fingerprint density at radius 2 is 1.72 bits per heavy atom. The van der Waals surface area contributed by atoms with Crippen molar-refractivity contribution < 1.29 is 14.3 Å². The highest BCUT2D eigenvalue weighted by Crippen LogP contribution is 2.37. The first-order chi connectivity index (χ1) is 12.0. The van der Waals surface area contributed by atoms with E-state index in [-0.39, 0.29) is 11.9 Å².